The van der Waals surface area contributed by atoms with E-state index in [9.17, 15) is 9.59 Å². The normalized spacial score (nSPS) is 24.6. The van der Waals surface area contributed by atoms with Crippen molar-refractivity contribution in [3.8, 4) is 0 Å². The van der Waals surface area contributed by atoms with Crippen molar-refractivity contribution in [1.29, 1.82) is 0 Å². The molecule has 1 spiro atoms. The van der Waals surface area contributed by atoms with Gasteiger partial charge in [0.25, 0.3) is 0 Å². The van der Waals surface area contributed by atoms with Crippen molar-refractivity contribution in [1.82, 2.24) is 15.5 Å². The van der Waals surface area contributed by atoms with Crippen LogP contribution in [0.3, 0.4) is 0 Å². The molecule has 2 aliphatic rings. The van der Waals surface area contributed by atoms with Gasteiger partial charge in [0.2, 0.25) is 11.8 Å². The lowest BCUT2D eigenvalue weighted by Crippen LogP contribution is -2.58. The Kier molecular flexibility index (Phi) is 5.43. The fourth-order valence-electron chi connectivity index (χ4n) is 3.17. The Morgan fingerprint density at radius 3 is 2.55 bits per heavy atom. The van der Waals surface area contributed by atoms with Crippen LogP contribution in [0.2, 0.25) is 0 Å². The summed E-state index contributed by atoms with van der Waals surface area (Å²) < 4.78 is 0. The molecule has 2 amide bonds. The summed E-state index contributed by atoms with van der Waals surface area (Å²) in [4.78, 5) is 26.3. The number of piperidine rings is 1. The van der Waals surface area contributed by atoms with Crippen LogP contribution in [-0.4, -0.2) is 53.5 Å². The van der Waals surface area contributed by atoms with E-state index in [2.05, 4.69) is 37.7 Å². The van der Waals surface area contributed by atoms with Crippen LogP contribution >= 0.6 is 11.8 Å². The van der Waals surface area contributed by atoms with Crippen LogP contribution in [-0.2, 0) is 9.59 Å². The summed E-state index contributed by atoms with van der Waals surface area (Å²) in [6.07, 6.45) is 5.09. The van der Waals surface area contributed by atoms with Gasteiger partial charge in [0.05, 0.1) is 11.7 Å². The Balaban J connectivity index is 1.87. The second-order valence-corrected chi connectivity index (χ2v) is 8.65. The molecule has 2 N–H and O–H groups in total. The summed E-state index contributed by atoms with van der Waals surface area (Å²) in [5.41, 5.74) is -0.270. The molecular formula is C16H29N3O2S. The first-order chi connectivity index (χ1) is 10.2. The van der Waals surface area contributed by atoms with E-state index < -0.39 is 0 Å². The van der Waals surface area contributed by atoms with E-state index >= 15 is 0 Å². The van der Waals surface area contributed by atoms with Gasteiger partial charge in [-0.05, 0) is 23.8 Å². The number of rotatable bonds is 4. The van der Waals surface area contributed by atoms with Crippen LogP contribution in [0.15, 0.2) is 0 Å². The molecule has 6 heteroatoms. The minimum atomic E-state index is -0.293. The maximum Gasteiger partial charge on any atom is 0.238 e. The zero-order valence-electron chi connectivity index (χ0n) is 14.2. The van der Waals surface area contributed by atoms with Gasteiger partial charge >= 0.3 is 0 Å². The third-order valence-electron chi connectivity index (χ3n) is 4.39. The van der Waals surface area contributed by atoms with Crippen LogP contribution in [0.25, 0.3) is 0 Å². The first-order valence-electron chi connectivity index (χ1n) is 8.11. The van der Waals surface area contributed by atoms with Crippen molar-refractivity contribution in [2.24, 2.45) is 5.41 Å². The van der Waals surface area contributed by atoms with Gasteiger partial charge in [0.15, 0.2) is 0 Å². The molecule has 0 aliphatic carbocycles. The van der Waals surface area contributed by atoms with Crippen LogP contribution in [0.4, 0.5) is 0 Å². The van der Waals surface area contributed by atoms with Gasteiger partial charge in [-0.1, -0.05) is 20.8 Å². The summed E-state index contributed by atoms with van der Waals surface area (Å²) in [5, 5.41) is 6.63. The maximum atomic E-state index is 12.3. The molecule has 0 bridgehead atoms. The number of thioether (sulfide) groups is 1. The average Bonchev–Trinajstić information content (AvgIpc) is 2.71. The zero-order valence-corrected chi connectivity index (χ0v) is 15.0. The largest absolute Gasteiger partial charge is 0.342 e. The lowest BCUT2D eigenvalue weighted by atomic mass is 9.90. The van der Waals surface area contributed by atoms with Gasteiger partial charge in [-0.15, -0.1) is 0 Å². The maximum absolute atomic E-state index is 12.3. The van der Waals surface area contributed by atoms with E-state index in [-0.39, 0.29) is 28.9 Å². The summed E-state index contributed by atoms with van der Waals surface area (Å²) in [6.45, 7) is 7.71. The number of likely N-dealkylation sites (tertiary alicyclic amines) is 1. The standard InChI is InChI=1S/C16H29N3O2S/c1-15(2,3)11-13(20)19-8-6-16(7-9-19)17-12(5-10-22-4)14(21)18-16/h12,17H,5-11H2,1-4H3,(H,18,21). The van der Waals surface area contributed by atoms with Gasteiger partial charge in [0, 0.05) is 32.4 Å². The molecule has 126 valence electrons. The van der Waals surface area contributed by atoms with Crippen molar-refractivity contribution in [2.75, 3.05) is 25.1 Å². The fourth-order valence-corrected chi connectivity index (χ4v) is 3.64. The quantitative estimate of drug-likeness (QED) is 0.823. The lowest BCUT2D eigenvalue weighted by Gasteiger charge is -2.40. The smallest absolute Gasteiger partial charge is 0.238 e. The van der Waals surface area contributed by atoms with Gasteiger partial charge in [-0.2, -0.15) is 11.8 Å². The number of carbonyl (C=O) groups is 2. The SMILES string of the molecule is CSCCC1NC2(CCN(C(=O)CC(C)(C)C)CC2)NC1=O. The Bertz CT molecular complexity index is 426. The molecule has 0 aromatic heterocycles. The second kappa shape index (κ2) is 6.79. The Labute approximate surface area is 138 Å². The molecule has 2 heterocycles. The predicted octanol–water partition coefficient (Wildman–Crippen LogP) is 1.58. The summed E-state index contributed by atoms with van der Waals surface area (Å²) in [6, 6.07) is -0.0794. The molecule has 0 saturated carbocycles. The van der Waals surface area contributed by atoms with Crippen molar-refractivity contribution in [3.05, 3.63) is 0 Å². The number of hydrogen-bond acceptors (Lipinski definition) is 4. The molecule has 0 aromatic rings. The topological polar surface area (TPSA) is 61.4 Å². The predicted molar refractivity (Wildman–Crippen MR) is 90.7 cm³/mol. The highest BCUT2D eigenvalue weighted by molar-refractivity contribution is 7.98. The van der Waals surface area contributed by atoms with E-state index in [0.29, 0.717) is 6.42 Å². The minimum Gasteiger partial charge on any atom is -0.342 e. The monoisotopic (exact) mass is 327 g/mol. The van der Waals surface area contributed by atoms with Crippen molar-refractivity contribution in [2.45, 2.75) is 58.2 Å². The van der Waals surface area contributed by atoms with E-state index in [1.165, 1.54) is 0 Å². The van der Waals surface area contributed by atoms with Gasteiger partial charge < -0.3 is 10.2 Å². The highest BCUT2D eigenvalue weighted by Gasteiger charge is 2.45. The number of hydrogen-bond donors (Lipinski definition) is 2. The Morgan fingerprint density at radius 1 is 1.36 bits per heavy atom. The first-order valence-corrected chi connectivity index (χ1v) is 9.50. The van der Waals surface area contributed by atoms with Crippen molar-refractivity contribution >= 4 is 23.6 Å². The average molecular weight is 327 g/mol. The van der Waals surface area contributed by atoms with Crippen molar-refractivity contribution in [3.63, 3.8) is 0 Å². The van der Waals surface area contributed by atoms with Crippen LogP contribution < -0.4 is 10.6 Å². The molecular weight excluding hydrogens is 298 g/mol. The summed E-state index contributed by atoms with van der Waals surface area (Å²) in [5.74, 6) is 1.33. The third-order valence-corrected chi connectivity index (χ3v) is 5.04. The minimum absolute atomic E-state index is 0.0228. The molecule has 22 heavy (non-hydrogen) atoms. The Morgan fingerprint density at radius 2 is 2.00 bits per heavy atom. The first kappa shape index (κ1) is 17.6. The molecule has 2 aliphatic heterocycles. The van der Waals surface area contributed by atoms with E-state index in [1.807, 2.05) is 4.90 Å². The van der Waals surface area contributed by atoms with Gasteiger partial charge in [-0.25, -0.2) is 0 Å². The second-order valence-electron chi connectivity index (χ2n) is 7.67. The van der Waals surface area contributed by atoms with E-state index in [0.717, 1.165) is 38.1 Å². The Hall–Kier alpha value is -0.750. The van der Waals surface area contributed by atoms with Crippen LogP contribution in [0.5, 0.6) is 0 Å². The zero-order chi connectivity index (χ0) is 16.4. The highest BCUT2D eigenvalue weighted by Crippen LogP contribution is 2.27. The fraction of sp³-hybridized carbons (Fsp3) is 0.875. The van der Waals surface area contributed by atoms with Crippen molar-refractivity contribution < 1.29 is 9.59 Å². The number of amides is 2. The number of nitrogens with zero attached hydrogens (tertiary/aromatic N) is 1. The molecule has 0 radical (unpaired) electrons. The highest BCUT2D eigenvalue weighted by atomic mass is 32.2. The van der Waals surface area contributed by atoms with Crippen LogP contribution in [0.1, 0.15) is 46.5 Å². The molecule has 0 aromatic carbocycles. The number of nitrogens with one attached hydrogen (secondary N) is 2. The molecule has 1 atom stereocenters. The molecule has 5 nitrogen and oxygen atoms in total. The lowest BCUT2D eigenvalue weighted by molar-refractivity contribution is -0.134. The summed E-state index contributed by atoms with van der Waals surface area (Å²) >= 11 is 1.76. The van der Waals surface area contributed by atoms with Crippen LogP contribution in [0, 0.1) is 5.41 Å². The molecule has 2 saturated heterocycles. The molecule has 2 rings (SSSR count). The molecule has 1 unspecified atom stereocenters. The van der Waals surface area contributed by atoms with E-state index in [1.54, 1.807) is 11.8 Å². The third kappa shape index (κ3) is 4.38. The van der Waals surface area contributed by atoms with E-state index in [4.69, 9.17) is 0 Å². The van der Waals surface area contributed by atoms with Gasteiger partial charge in [-0.3, -0.25) is 14.9 Å². The molecule has 2 fully saturated rings. The van der Waals surface area contributed by atoms with Gasteiger partial charge in [0.1, 0.15) is 0 Å². The number of carbonyl (C=O) groups excluding carboxylic acids is 2. The summed E-state index contributed by atoms with van der Waals surface area (Å²) in [7, 11) is 0.